The minimum absolute atomic E-state index is 0.00649. The van der Waals surface area contributed by atoms with Crippen molar-refractivity contribution in [2.45, 2.75) is 19.1 Å². The Morgan fingerprint density at radius 3 is 2.89 bits per heavy atom. The van der Waals surface area contributed by atoms with E-state index in [1.807, 2.05) is 0 Å². The molecule has 1 atom stereocenters. The normalized spacial score (nSPS) is 12.8. The fourth-order valence-electron chi connectivity index (χ4n) is 1.90. The Morgan fingerprint density at radius 1 is 1.53 bits per heavy atom. The highest BCUT2D eigenvalue weighted by Gasteiger charge is 2.17. The number of para-hydroxylation sites is 1. The Labute approximate surface area is 108 Å². The van der Waals surface area contributed by atoms with Gasteiger partial charge in [-0.05, 0) is 12.5 Å². The van der Waals surface area contributed by atoms with Gasteiger partial charge in [-0.25, -0.2) is 4.39 Å². The molecular formula is C12H14FN3O3. The molecule has 6 nitrogen and oxygen atoms in total. The summed E-state index contributed by atoms with van der Waals surface area (Å²) >= 11 is 0. The minimum Gasteiger partial charge on any atom is -0.394 e. The summed E-state index contributed by atoms with van der Waals surface area (Å²) in [4.78, 5) is 11.3. The second-order valence-electron chi connectivity index (χ2n) is 4.20. The van der Waals surface area contributed by atoms with Gasteiger partial charge >= 0.3 is 0 Å². The average Bonchev–Trinajstić information content (AvgIpc) is 2.76. The molecule has 0 fully saturated rings. The number of amides is 1. The second kappa shape index (κ2) is 5.33. The molecule has 0 aliphatic carbocycles. The lowest BCUT2D eigenvalue weighted by Gasteiger charge is -2.07. The molecule has 2 aromatic rings. The van der Waals surface area contributed by atoms with Crippen molar-refractivity contribution in [1.29, 1.82) is 0 Å². The van der Waals surface area contributed by atoms with Gasteiger partial charge < -0.3 is 15.9 Å². The van der Waals surface area contributed by atoms with Gasteiger partial charge in [0, 0.05) is 11.9 Å². The summed E-state index contributed by atoms with van der Waals surface area (Å²) < 4.78 is 15.1. The Balaban J connectivity index is 2.46. The quantitative estimate of drug-likeness (QED) is 0.710. The molecule has 1 aromatic heterocycles. The monoisotopic (exact) mass is 267 g/mol. The first-order chi connectivity index (χ1) is 9.04. The number of aryl methyl sites for hydroxylation is 1. The molecule has 0 bridgehead atoms. The topological polar surface area (TPSA) is 101 Å². The zero-order chi connectivity index (χ0) is 14.0. The molecule has 7 heteroatoms. The van der Waals surface area contributed by atoms with Crippen molar-refractivity contribution in [2.24, 2.45) is 5.73 Å². The standard InChI is InChI=1S/C12H14FN3O3/c13-9-3-1-2-8-10(12(14)19)15-16(11(8)9)5-4-7(18)6-17/h1-3,7,17-18H,4-6H2,(H2,14,19)/t7-/m0/s1. The lowest BCUT2D eigenvalue weighted by atomic mass is 10.2. The first kappa shape index (κ1) is 13.4. The maximum absolute atomic E-state index is 13.8. The number of aliphatic hydroxyl groups is 2. The third kappa shape index (κ3) is 2.56. The van der Waals surface area contributed by atoms with Gasteiger partial charge in [0.05, 0.1) is 12.7 Å². The number of hydrogen-bond acceptors (Lipinski definition) is 4. The molecular weight excluding hydrogens is 253 g/mol. The number of primary amides is 1. The van der Waals surface area contributed by atoms with E-state index in [2.05, 4.69) is 5.10 Å². The van der Waals surface area contributed by atoms with Crippen LogP contribution in [0.3, 0.4) is 0 Å². The third-order valence-corrected chi connectivity index (χ3v) is 2.84. The van der Waals surface area contributed by atoms with Crippen molar-refractivity contribution >= 4 is 16.8 Å². The molecule has 1 aromatic carbocycles. The molecule has 0 unspecified atom stereocenters. The van der Waals surface area contributed by atoms with Crippen LogP contribution in [0, 0.1) is 5.82 Å². The van der Waals surface area contributed by atoms with Crippen molar-refractivity contribution in [3.63, 3.8) is 0 Å². The SMILES string of the molecule is NC(=O)c1nn(CC[C@H](O)CO)c2c(F)cccc12. The van der Waals surface area contributed by atoms with Gasteiger partial charge in [0.2, 0.25) is 0 Å². The van der Waals surface area contributed by atoms with Gasteiger partial charge in [-0.1, -0.05) is 12.1 Å². The van der Waals surface area contributed by atoms with Crippen molar-refractivity contribution in [1.82, 2.24) is 9.78 Å². The highest BCUT2D eigenvalue weighted by Crippen LogP contribution is 2.21. The summed E-state index contributed by atoms with van der Waals surface area (Å²) in [5, 5.41) is 22.4. The lowest BCUT2D eigenvalue weighted by molar-refractivity contribution is 0.0839. The van der Waals surface area contributed by atoms with E-state index in [-0.39, 0.29) is 30.8 Å². The molecule has 102 valence electrons. The molecule has 2 rings (SSSR count). The van der Waals surface area contributed by atoms with E-state index in [1.165, 1.54) is 16.8 Å². The van der Waals surface area contributed by atoms with Gasteiger partial charge in [-0.2, -0.15) is 5.10 Å². The van der Waals surface area contributed by atoms with Crippen molar-refractivity contribution in [2.75, 3.05) is 6.61 Å². The first-order valence-electron chi connectivity index (χ1n) is 5.78. The van der Waals surface area contributed by atoms with Crippen molar-refractivity contribution in [3.8, 4) is 0 Å². The molecule has 1 heterocycles. The van der Waals surface area contributed by atoms with E-state index in [0.29, 0.717) is 5.39 Å². The van der Waals surface area contributed by atoms with Gasteiger partial charge in [-0.3, -0.25) is 9.48 Å². The van der Waals surface area contributed by atoms with E-state index in [4.69, 9.17) is 10.8 Å². The van der Waals surface area contributed by atoms with Crippen LogP contribution in [0.4, 0.5) is 4.39 Å². The largest absolute Gasteiger partial charge is 0.394 e. The third-order valence-electron chi connectivity index (χ3n) is 2.84. The number of benzene rings is 1. The predicted octanol–water partition coefficient (Wildman–Crippen LogP) is 0.0176. The summed E-state index contributed by atoms with van der Waals surface area (Å²) in [7, 11) is 0. The van der Waals surface area contributed by atoms with Gasteiger partial charge in [0.25, 0.3) is 5.91 Å². The van der Waals surface area contributed by atoms with Crippen LogP contribution in [0.2, 0.25) is 0 Å². The Morgan fingerprint density at radius 2 is 2.26 bits per heavy atom. The fourth-order valence-corrected chi connectivity index (χ4v) is 1.90. The highest BCUT2D eigenvalue weighted by molar-refractivity contribution is 6.04. The molecule has 0 saturated carbocycles. The van der Waals surface area contributed by atoms with E-state index in [1.54, 1.807) is 6.07 Å². The van der Waals surface area contributed by atoms with Crippen LogP contribution < -0.4 is 5.73 Å². The number of nitrogens with zero attached hydrogens (tertiary/aromatic N) is 2. The average molecular weight is 267 g/mol. The highest BCUT2D eigenvalue weighted by atomic mass is 19.1. The van der Waals surface area contributed by atoms with Crippen LogP contribution in [0.5, 0.6) is 0 Å². The summed E-state index contributed by atoms with van der Waals surface area (Å²) in [6.07, 6.45) is -0.720. The van der Waals surface area contributed by atoms with Gasteiger partial charge in [-0.15, -0.1) is 0 Å². The van der Waals surface area contributed by atoms with Crippen molar-refractivity contribution < 1.29 is 19.4 Å². The number of hydrogen-bond donors (Lipinski definition) is 3. The van der Waals surface area contributed by atoms with Crippen LogP contribution in [-0.4, -0.2) is 38.6 Å². The van der Waals surface area contributed by atoms with Crippen LogP contribution >= 0.6 is 0 Å². The number of rotatable bonds is 5. The number of carbonyl (C=O) groups is 1. The molecule has 0 aliphatic heterocycles. The Bertz CT molecular complexity index is 612. The number of aliphatic hydroxyl groups excluding tert-OH is 2. The van der Waals surface area contributed by atoms with Crippen LogP contribution in [-0.2, 0) is 6.54 Å². The van der Waals surface area contributed by atoms with Crippen LogP contribution in [0.15, 0.2) is 18.2 Å². The summed E-state index contributed by atoms with van der Waals surface area (Å²) in [5.74, 6) is -1.26. The van der Waals surface area contributed by atoms with E-state index in [9.17, 15) is 14.3 Å². The number of fused-ring (bicyclic) bond motifs is 1. The smallest absolute Gasteiger partial charge is 0.269 e. The number of aromatic nitrogens is 2. The number of carbonyl (C=O) groups excluding carboxylic acids is 1. The molecule has 0 aliphatic rings. The van der Waals surface area contributed by atoms with E-state index >= 15 is 0 Å². The van der Waals surface area contributed by atoms with E-state index in [0.717, 1.165) is 0 Å². The van der Waals surface area contributed by atoms with Gasteiger partial charge in [0.15, 0.2) is 5.69 Å². The molecule has 0 spiro atoms. The van der Waals surface area contributed by atoms with Crippen molar-refractivity contribution in [3.05, 3.63) is 29.7 Å². The van der Waals surface area contributed by atoms with E-state index < -0.39 is 17.8 Å². The second-order valence-corrected chi connectivity index (χ2v) is 4.20. The maximum Gasteiger partial charge on any atom is 0.269 e. The minimum atomic E-state index is -0.914. The van der Waals surface area contributed by atoms with Crippen LogP contribution in [0.25, 0.3) is 10.9 Å². The molecule has 0 saturated heterocycles. The summed E-state index contributed by atoms with van der Waals surface area (Å²) in [6, 6.07) is 4.29. The van der Waals surface area contributed by atoms with Gasteiger partial charge in [0.1, 0.15) is 11.3 Å². The molecule has 19 heavy (non-hydrogen) atoms. The Hall–Kier alpha value is -1.99. The number of nitrogens with two attached hydrogens (primary N) is 1. The molecule has 0 radical (unpaired) electrons. The summed E-state index contributed by atoms with van der Waals surface area (Å²) in [5.41, 5.74) is 5.36. The maximum atomic E-state index is 13.8. The summed E-state index contributed by atoms with van der Waals surface area (Å²) in [6.45, 7) is -0.212. The first-order valence-corrected chi connectivity index (χ1v) is 5.78. The zero-order valence-corrected chi connectivity index (χ0v) is 10.1. The van der Waals surface area contributed by atoms with Crippen LogP contribution in [0.1, 0.15) is 16.9 Å². The predicted molar refractivity (Wildman–Crippen MR) is 65.9 cm³/mol. The Kier molecular flexibility index (Phi) is 3.77. The number of halogens is 1. The molecule has 1 amide bonds. The lowest BCUT2D eigenvalue weighted by Crippen LogP contribution is -2.17. The zero-order valence-electron chi connectivity index (χ0n) is 10.1. The fraction of sp³-hybridized carbons (Fsp3) is 0.333. The molecule has 4 N–H and O–H groups in total.